The maximum absolute atomic E-state index is 12.6. The van der Waals surface area contributed by atoms with Crippen LogP contribution in [0.2, 0.25) is 0 Å². The van der Waals surface area contributed by atoms with Gasteiger partial charge in [-0.1, -0.05) is 12.1 Å². The van der Waals surface area contributed by atoms with E-state index in [-0.39, 0.29) is 5.57 Å². The molecule has 158 valence electrons. The van der Waals surface area contributed by atoms with Crippen molar-refractivity contribution in [3.8, 4) is 23.3 Å². The van der Waals surface area contributed by atoms with Crippen LogP contribution in [0.1, 0.15) is 27.3 Å². The number of allylic oxidation sites excluding steroid dienone is 1. The van der Waals surface area contributed by atoms with Crippen molar-refractivity contribution in [2.45, 2.75) is 20.5 Å². The monoisotopic (exact) mass is 417 g/mol. The number of aryl methyl sites for hydroxylation is 2. The molecule has 0 spiro atoms. The van der Waals surface area contributed by atoms with Crippen LogP contribution in [0.15, 0.2) is 54.1 Å². The Labute approximate surface area is 181 Å². The molecule has 0 saturated carbocycles. The van der Waals surface area contributed by atoms with Crippen molar-refractivity contribution in [3.63, 3.8) is 0 Å². The van der Waals surface area contributed by atoms with Gasteiger partial charge in [-0.15, -0.1) is 0 Å². The van der Waals surface area contributed by atoms with Gasteiger partial charge in [0, 0.05) is 11.3 Å². The number of hydrogen-bond acceptors (Lipinski definition) is 6. The first-order chi connectivity index (χ1) is 14.9. The summed E-state index contributed by atoms with van der Waals surface area (Å²) in [5, 5.41) is 13.6. The highest BCUT2D eigenvalue weighted by Crippen LogP contribution is 2.25. The molecule has 0 bridgehead atoms. The van der Waals surface area contributed by atoms with E-state index in [0.717, 1.165) is 17.0 Å². The molecule has 0 saturated heterocycles. The zero-order chi connectivity index (χ0) is 22.4. The molecule has 1 aromatic heterocycles. The molecule has 0 N–H and O–H groups in total. The van der Waals surface area contributed by atoms with Crippen molar-refractivity contribution >= 4 is 12.0 Å². The minimum absolute atomic E-state index is 0.000912. The molecule has 0 aliphatic heterocycles. The molecular formula is C24H23N3O4. The molecule has 0 amide bonds. The summed E-state index contributed by atoms with van der Waals surface area (Å²) in [6.45, 7) is 3.87. The fraction of sp³-hybridized carbons (Fsp3) is 0.208. The van der Waals surface area contributed by atoms with E-state index in [4.69, 9.17) is 14.2 Å². The maximum Gasteiger partial charge on any atom is 0.289 e. The molecule has 31 heavy (non-hydrogen) atoms. The van der Waals surface area contributed by atoms with E-state index in [2.05, 4.69) is 5.10 Å². The number of carbonyl (C=O) groups excluding carboxylic acids is 1. The smallest absolute Gasteiger partial charge is 0.289 e. The summed E-state index contributed by atoms with van der Waals surface area (Å²) in [4.78, 5) is 12.6. The van der Waals surface area contributed by atoms with Gasteiger partial charge in [-0.05, 0) is 61.9 Å². The van der Waals surface area contributed by atoms with Crippen LogP contribution in [0.4, 0.5) is 0 Å². The molecule has 7 nitrogen and oxygen atoms in total. The van der Waals surface area contributed by atoms with Gasteiger partial charge in [0.2, 0.25) is 0 Å². The van der Waals surface area contributed by atoms with Gasteiger partial charge < -0.3 is 14.2 Å². The Bertz CT molecular complexity index is 1150. The summed E-state index contributed by atoms with van der Waals surface area (Å²) in [7, 11) is 3.21. The Morgan fingerprint density at radius 3 is 2.35 bits per heavy atom. The van der Waals surface area contributed by atoms with Gasteiger partial charge in [0.15, 0.2) is 0 Å². The molecule has 2 aromatic carbocycles. The van der Waals surface area contributed by atoms with Gasteiger partial charge in [-0.25, -0.2) is 4.68 Å². The number of nitrogens with zero attached hydrogens (tertiary/aromatic N) is 3. The number of nitriles is 1. The molecular weight excluding hydrogens is 394 g/mol. The summed E-state index contributed by atoms with van der Waals surface area (Å²) < 4.78 is 17.7. The third-order valence-corrected chi connectivity index (χ3v) is 4.63. The lowest BCUT2D eigenvalue weighted by atomic mass is 10.1. The van der Waals surface area contributed by atoms with Crippen LogP contribution >= 0.6 is 0 Å². The predicted octanol–water partition coefficient (Wildman–Crippen LogP) is 4.34. The number of hydrogen-bond donors (Lipinski definition) is 0. The summed E-state index contributed by atoms with van der Waals surface area (Å²) in [5.74, 6) is 1.61. The van der Waals surface area contributed by atoms with Crippen LogP contribution in [-0.2, 0) is 6.61 Å². The average molecular weight is 417 g/mol. The molecule has 0 radical (unpaired) electrons. The highest BCUT2D eigenvalue weighted by molar-refractivity contribution is 6.03. The SMILES string of the molecule is COc1ccc(OC)c(COc2ccc(/C=C(\C#N)C(=O)n3nc(C)cc3C)cc2)c1. The minimum atomic E-state index is -0.460. The Balaban J connectivity index is 1.73. The van der Waals surface area contributed by atoms with E-state index in [1.807, 2.05) is 24.3 Å². The van der Waals surface area contributed by atoms with Crippen molar-refractivity contribution in [1.82, 2.24) is 9.78 Å². The van der Waals surface area contributed by atoms with Crippen molar-refractivity contribution < 1.29 is 19.0 Å². The van der Waals surface area contributed by atoms with Gasteiger partial charge >= 0.3 is 0 Å². The molecule has 3 aromatic rings. The Hall–Kier alpha value is -4.05. The van der Waals surface area contributed by atoms with Gasteiger partial charge in [0.25, 0.3) is 5.91 Å². The standard InChI is InChI=1S/C24H23N3O4/c1-16-11-17(2)27(26-16)24(28)19(14-25)12-18-5-7-21(8-6-18)31-15-20-13-22(29-3)9-10-23(20)30-4/h5-13H,15H2,1-4H3/b19-12+. The second-order valence-electron chi connectivity index (χ2n) is 6.85. The third kappa shape index (κ3) is 5.11. The van der Waals surface area contributed by atoms with Crippen molar-refractivity contribution in [2.75, 3.05) is 14.2 Å². The first-order valence-corrected chi connectivity index (χ1v) is 9.58. The van der Waals surface area contributed by atoms with Crippen LogP contribution in [0, 0.1) is 25.2 Å². The highest BCUT2D eigenvalue weighted by Gasteiger charge is 2.15. The number of benzene rings is 2. The fourth-order valence-corrected chi connectivity index (χ4v) is 3.07. The molecule has 3 rings (SSSR count). The van der Waals surface area contributed by atoms with Crippen LogP contribution in [0.3, 0.4) is 0 Å². The zero-order valence-electron chi connectivity index (χ0n) is 17.9. The van der Waals surface area contributed by atoms with Crippen LogP contribution < -0.4 is 14.2 Å². The van der Waals surface area contributed by atoms with Gasteiger partial charge in [-0.3, -0.25) is 4.79 Å². The Morgan fingerprint density at radius 2 is 1.77 bits per heavy atom. The molecule has 0 aliphatic carbocycles. The highest BCUT2D eigenvalue weighted by atomic mass is 16.5. The first kappa shape index (κ1) is 21.7. The number of ether oxygens (including phenoxy) is 3. The largest absolute Gasteiger partial charge is 0.497 e. The van der Waals surface area contributed by atoms with Gasteiger partial charge in [-0.2, -0.15) is 10.4 Å². The molecule has 7 heteroatoms. The van der Waals surface area contributed by atoms with Crippen molar-refractivity contribution in [2.24, 2.45) is 0 Å². The summed E-state index contributed by atoms with van der Waals surface area (Å²) in [5.41, 5.74) is 2.96. The van der Waals surface area contributed by atoms with E-state index >= 15 is 0 Å². The topological polar surface area (TPSA) is 86.4 Å². The lowest BCUT2D eigenvalue weighted by Gasteiger charge is -2.12. The van der Waals surface area contributed by atoms with E-state index in [9.17, 15) is 10.1 Å². The van der Waals surface area contributed by atoms with Crippen molar-refractivity contribution in [3.05, 3.63) is 76.6 Å². The minimum Gasteiger partial charge on any atom is -0.497 e. The van der Waals surface area contributed by atoms with Crippen molar-refractivity contribution in [1.29, 1.82) is 5.26 Å². The quantitative estimate of drug-likeness (QED) is 0.420. The third-order valence-electron chi connectivity index (χ3n) is 4.63. The molecule has 0 aliphatic rings. The molecule has 1 heterocycles. The molecule has 0 unspecified atom stereocenters. The van der Waals surface area contributed by atoms with Gasteiger partial charge in [0.1, 0.15) is 35.5 Å². The second-order valence-corrected chi connectivity index (χ2v) is 6.85. The average Bonchev–Trinajstić information content (AvgIpc) is 3.13. The molecule has 0 atom stereocenters. The normalized spacial score (nSPS) is 11.0. The lowest BCUT2D eigenvalue weighted by Crippen LogP contribution is -2.15. The number of rotatable bonds is 7. The first-order valence-electron chi connectivity index (χ1n) is 9.58. The summed E-state index contributed by atoms with van der Waals surface area (Å²) >= 11 is 0. The maximum atomic E-state index is 12.6. The van der Waals surface area contributed by atoms with Crippen LogP contribution in [-0.4, -0.2) is 29.9 Å². The predicted molar refractivity (Wildman–Crippen MR) is 116 cm³/mol. The second kappa shape index (κ2) is 9.63. The van der Waals surface area contributed by atoms with E-state index in [0.29, 0.717) is 29.4 Å². The number of carbonyl (C=O) groups is 1. The summed E-state index contributed by atoms with van der Waals surface area (Å²) in [6.07, 6.45) is 1.54. The number of methoxy groups -OCH3 is 2. The van der Waals surface area contributed by atoms with Crippen LogP contribution in [0.25, 0.3) is 6.08 Å². The lowest BCUT2D eigenvalue weighted by molar-refractivity contribution is 0.0943. The summed E-state index contributed by atoms with van der Waals surface area (Å²) in [6, 6.07) is 16.4. The van der Waals surface area contributed by atoms with E-state index < -0.39 is 5.91 Å². The van der Waals surface area contributed by atoms with E-state index in [1.54, 1.807) is 58.4 Å². The number of aromatic nitrogens is 2. The Kier molecular flexibility index (Phi) is 6.73. The fourth-order valence-electron chi connectivity index (χ4n) is 3.07. The van der Waals surface area contributed by atoms with E-state index in [1.165, 1.54) is 10.8 Å². The zero-order valence-corrected chi connectivity index (χ0v) is 17.9. The Morgan fingerprint density at radius 1 is 1.06 bits per heavy atom. The van der Waals surface area contributed by atoms with Gasteiger partial charge in [0.05, 0.1) is 19.9 Å². The van der Waals surface area contributed by atoms with Crippen LogP contribution in [0.5, 0.6) is 17.2 Å². The molecule has 0 fully saturated rings.